The molecule has 4 atom stereocenters. The first-order valence-corrected chi connectivity index (χ1v) is 11.1. The quantitative estimate of drug-likeness (QED) is 0.330. The molecule has 156 valence electrons. The molecule has 0 unspecified atom stereocenters. The molecule has 0 heterocycles. The van der Waals surface area contributed by atoms with Crippen LogP contribution in [0.5, 0.6) is 5.75 Å². The molecule has 1 aromatic rings. The Morgan fingerprint density at radius 1 is 1.18 bits per heavy atom. The molecule has 3 nitrogen and oxygen atoms in total. The minimum absolute atomic E-state index is 0.0486. The van der Waals surface area contributed by atoms with Gasteiger partial charge in [0.1, 0.15) is 5.75 Å². The van der Waals surface area contributed by atoms with Crippen LogP contribution in [0.3, 0.4) is 0 Å². The number of alkyl halides is 3. The lowest BCUT2D eigenvalue weighted by Gasteiger charge is -2.43. The molecule has 28 heavy (non-hydrogen) atoms. The van der Waals surface area contributed by atoms with Gasteiger partial charge in [-0.05, 0) is 86.1 Å². The number of halogens is 3. The number of hydrogen-bond acceptors (Lipinski definition) is 3. The van der Waals surface area contributed by atoms with Crippen molar-refractivity contribution in [2.75, 3.05) is 0 Å². The Balaban J connectivity index is 2.25. The van der Waals surface area contributed by atoms with Gasteiger partial charge in [0.15, 0.2) is 0 Å². The molecule has 3 rings (SSSR count). The Bertz CT molecular complexity index is 912. The number of rotatable bonds is 3. The van der Waals surface area contributed by atoms with Crippen LogP contribution in [0.1, 0.15) is 87.0 Å². The van der Waals surface area contributed by atoms with Gasteiger partial charge >= 0.3 is 15.6 Å². The smallest absolute Gasteiger partial charge is 0.376 e. The molecular weight excluding hydrogens is 389 g/mol. The standard InChI is InChI=1S/C21H27F3O3S/c1-11(2)8-15-9-13(4)16-7-6-12(3)17-10-18(14(5)19(15)20(16)17)27-28(25,26)21(22,23)24/h8,10,12-13,15-16H,6-7,9H2,1-5H3/t12-,13-,15-,16+/m0/s1. The summed E-state index contributed by atoms with van der Waals surface area (Å²) in [5, 5.41) is 0. The van der Waals surface area contributed by atoms with Crippen LogP contribution < -0.4 is 4.18 Å². The maximum Gasteiger partial charge on any atom is 0.534 e. The summed E-state index contributed by atoms with van der Waals surface area (Å²) in [6.07, 6.45) is 5.01. The fraction of sp³-hybridized carbons (Fsp3) is 0.619. The molecule has 0 fully saturated rings. The van der Waals surface area contributed by atoms with E-state index in [1.54, 1.807) is 6.92 Å². The Hall–Kier alpha value is -1.50. The Kier molecular flexibility index (Phi) is 5.36. The SMILES string of the molecule is CC(C)=C[C@H]1C[C@H](C)[C@H]2CC[C@H](C)c3cc(OS(=O)(=O)C(F)(F)F)c(C)c1c32. The first-order valence-electron chi connectivity index (χ1n) is 9.66. The zero-order valence-corrected chi connectivity index (χ0v) is 17.7. The molecule has 0 radical (unpaired) electrons. The summed E-state index contributed by atoms with van der Waals surface area (Å²) in [6, 6.07) is 1.53. The third-order valence-corrected chi connectivity index (χ3v) is 7.14. The molecule has 2 aliphatic carbocycles. The largest absolute Gasteiger partial charge is 0.534 e. The summed E-state index contributed by atoms with van der Waals surface area (Å²) >= 11 is 0. The van der Waals surface area contributed by atoms with Crippen LogP contribution in [0.4, 0.5) is 13.2 Å². The minimum atomic E-state index is -5.70. The first kappa shape index (κ1) is 21.2. The van der Waals surface area contributed by atoms with Gasteiger partial charge < -0.3 is 4.18 Å². The van der Waals surface area contributed by atoms with E-state index in [-0.39, 0.29) is 17.6 Å². The van der Waals surface area contributed by atoms with E-state index >= 15 is 0 Å². The first-order chi connectivity index (χ1) is 12.8. The van der Waals surface area contributed by atoms with Crippen molar-refractivity contribution in [3.05, 3.63) is 40.0 Å². The molecule has 0 saturated heterocycles. The summed E-state index contributed by atoms with van der Waals surface area (Å²) in [5.74, 6) is 0.825. The van der Waals surface area contributed by atoms with Crippen molar-refractivity contribution in [3.63, 3.8) is 0 Å². The highest BCUT2D eigenvalue weighted by molar-refractivity contribution is 7.88. The fourth-order valence-electron chi connectivity index (χ4n) is 4.90. The van der Waals surface area contributed by atoms with Gasteiger partial charge in [-0.3, -0.25) is 0 Å². The van der Waals surface area contributed by atoms with E-state index in [4.69, 9.17) is 0 Å². The molecule has 0 saturated carbocycles. The zero-order chi connectivity index (χ0) is 21.0. The van der Waals surface area contributed by atoms with E-state index in [0.29, 0.717) is 17.4 Å². The molecule has 1 aromatic carbocycles. The van der Waals surface area contributed by atoms with Crippen LogP contribution in [0, 0.1) is 12.8 Å². The number of benzene rings is 1. The van der Waals surface area contributed by atoms with Crippen LogP contribution in [-0.2, 0) is 10.1 Å². The van der Waals surface area contributed by atoms with Crippen molar-refractivity contribution < 1.29 is 25.8 Å². The molecule has 2 aliphatic rings. The van der Waals surface area contributed by atoms with Gasteiger partial charge in [0.2, 0.25) is 0 Å². The van der Waals surface area contributed by atoms with E-state index in [1.807, 2.05) is 20.8 Å². The summed E-state index contributed by atoms with van der Waals surface area (Å²) in [5.41, 5.74) is -0.728. The second-order valence-corrected chi connectivity index (χ2v) is 10.1. The lowest BCUT2D eigenvalue weighted by Crippen LogP contribution is -2.30. The maximum absolute atomic E-state index is 12.9. The van der Waals surface area contributed by atoms with Crippen molar-refractivity contribution in [3.8, 4) is 5.75 Å². The third kappa shape index (κ3) is 3.58. The van der Waals surface area contributed by atoms with Gasteiger partial charge in [-0.2, -0.15) is 21.6 Å². The van der Waals surface area contributed by atoms with Crippen LogP contribution >= 0.6 is 0 Å². The molecule has 0 bridgehead atoms. The Labute approximate surface area is 165 Å². The predicted octanol–water partition coefficient (Wildman–Crippen LogP) is 6.29. The molecule has 0 spiro atoms. The number of hydrogen-bond donors (Lipinski definition) is 0. The van der Waals surface area contributed by atoms with Gasteiger partial charge in [0.25, 0.3) is 0 Å². The summed E-state index contributed by atoms with van der Waals surface area (Å²) in [6.45, 7) is 9.94. The van der Waals surface area contributed by atoms with Gasteiger partial charge in [-0.15, -0.1) is 0 Å². The van der Waals surface area contributed by atoms with Gasteiger partial charge in [-0.25, -0.2) is 0 Å². The van der Waals surface area contributed by atoms with Gasteiger partial charge in [0.05, 0.1) is 0 Å². The highest BCUT2D eigenvalue weighted by atomic mass is 32.2. The van der Waals surface area contributed by atoms with Crippen LogP contribution in [0.25, 0.3) is 0 Å². The summed E-state index contributed by atoms with van der Waals surface area (Å²) in [7, 11) is -5.70. The molecule has 0 amide bonds. The zero-order valence-electron chi connectivity index (χ0n) is 16.9. The third-order valence-electron chi connectivity index (χ3n) is 6.17. The van der Waals surface area contributed by atoms with E-state index in [2.05, 4.69) is 17.2 Å². The monoisotopic (exact) mass is 416 g/mol. The molecular formula is C21H27F3O3S. The summed E-state index contributed by atoms with van der Waals surface area (Å²) in [4.78, 5) is 0. The molecule has 7 heteroatoms. The second-order valence-electron chi connectivity index (χ2n) is 8.55. The molecule has 0 aromatic heterocycles. The highest BCUT2D eigenvalue weighted by Gasteiger charge is 2.49. The lowest BCUT2D eigenvalue weighted by atomic mass is 9.62. The lowest BCUT2D eigenvalue weighted by molar-refractivity contribution is -0.0500. The second kappa shape index (κ2) is 7.08. The van der Waals surface area contributed by atoms with Crippen molar-refractivity contribution in [1.82, 2.24) is 0 Å². The van der Waals surface area contributed by atoms with Crippen molar-refractivity contribution in [1.29, 1.82) is 0 Å². The highest BCUT2D eigenvalue weighted by Crippen LogP contribution is 2.54. The Morgan fingerprint density at radius 3 is 2.39 bits per heavy atom. The van der Waals surface area contributed by atoms with E-state index in [9.17, 15) is 21.6 Å². The van der Waals surface area contributed by atoms with E-state index in [0.717, 1.165) is 36.0 Å². The predicted molar refractivity (Wildman–Crippen MR) is 103 cm³/mol. The van der Waals surface area contributed by atoms with E-state index < -0.39 is 15.6 Å². The van der Waals surface area contributed by atoms with Crippen molar-refractivity contribution in [2.24, 2.45) is 5.92 Å². The normalized spacial score (nSPS) is 27.1. The maximum atomic E-state index is 12.9. The van der Waals surface area contributed by atoms with Crippen LogP contribution in [-0.4, -0.2) is 13.9 Å². The summed E-state index contributed by atoms with van der Waals surface area (Å²) < 4.78 is 66.6. The van der Waals surface area contributed by atoms with E-state index in [1.165, 1.54) is 11.6 Å². The minimum Gasteiger partial charge on any atom is -0.376 e. The Morgan fingerprint density at radius 2 is 1.82 bits per heavy atom. The fourth-order valence-corrected chi connectivity index (χ4v) is 5.41. The van der Waals surface area contributed by atoms with Crippen molar-refractivity contribution in [2.45, 2.75) is 77.1 Å². The molecule has 0 aliphatic heterocycles. The average molecular weight is 417 g/mol. The van der Waals surface area contributed by atoms with Gasteiger partial charge in [0, 0.05) is 5.92 Å². The van der Waals surface area contributed by atoms with Crippen LogP contribution in [0.2, 0.25) is 0 Å². The van der Waals surface area contributed by atoms with Crippen LogP contribution in [0.15, 0.2) is 17.7 Å². The van der Waals surface area contributed by atoms with Gasteiger partial charge in [-0.1, -0.05) is 25.5 Å². The average Bonchev–Trinajstić information content (AvgIpc) is 2.53. The topological polar surface area (TPSA) is 43.4 Å². The molecule has 0 N–H and O–H groups in total. The van der Waals surface area contributed by atoms with Crippen molar-refractivity contribution >= 4 is 10.1 Å². The number of allylic oxidation sites excluding steroid dienone is 2.